The van der Waals surface area contributed by atoms with Crippen LogP contribution in [0.1, 0.15) is 36.0 Å². The first kappa shape index (κ1) is 25.4. The molecular formula is C24H22N2O8S. The molecule has 2 N–H and O–H groups in total. The SMILES string of the molecule is COC(=O)c1sc(NC(=O)COC(=O)CNC(=O)c2ccc3ccccc3c2)c(C(=O)OC)c1C. The monoisotopic (exact) mass is 498 g/mol. The number of nitrogens with one attached hydrogen (secondary N) is 2. The van der Waals surface area contributed by atoms with Gasteiger partial charge in [-0.1, -0.05) is 30.3 Å². The van der Waals surface area contributed by atoms with Gasteiger partial charge in [0.25, 0.3) is 11.8 Å². The van der Waals surface area contributed by atoms with Crippen LogP contribution < -0.4 is 10.6 Å². The van der Waals surface area contributed by atoms with Crippen molar-refractivity contribution < 1.29 is 38.2 Å². The van der Waals surface area contributed by atoms with Crippen LogP contribution in [-0.4, -0.2) is 57.1 Å². The van der Waals surface area contributed by atoms with Crippen molar-refractivity contribution in [3.05, 3.63) is 64.0 Å². The number of anilines is 1. The lowest BCUT2D eigenvalue weighted by molar-refractivity contribution is -0.146. The molecule has 0 aliphatic carbocycles. The number of rotatable bonds is 8. The minimum absolute atomic E-state index is 0.000208. The van der Waals surface area contributed by atoms with Crippen molar-refractivity contribution in [3.8, 4) is 0 Å². The fraction of sp³-hybridized carbons (Fsp3) is 0.208. The van der Waals surface area contributed by atoms with E-state index in [2.05, 4.69) is 15.4 Å². The Kier molecular flexibility index (Phi) is 8.16. The van der Waals surface area contributed by atoms with Crippen molar-refractivity contribution in [1.29, 1.82) is 0 Å². The summed E-state index contributed by atoms with van der Waals surface area (Å²) in [5.41, 5.74) is 0.664. The van der Waals surface area contributed by atoms with Crippen LogP contribution in [0.3, 0.4) is 0 Å². The Hall–Kier alpha value is -4.25. The van der Waals surface area contributed by atoms with Crippen molar-refractivity contribution >= 4 is 56.8 Å². The Balaban J connectivity index is 1.55. The summed E-state index contributed by atoms with van der Waals surface area (Å²) in [5.74, 6) is -3.48. The van der Waals surface area contributed by atoms with Crippen molar-refractivity contribution in [1.82, 2.24) is 5.32 Å². The van der Waals surface area contributed by atoms with Gasteiger partial charge < -0.3 is 24.8 Å². The Morgan fingerprint density at radius 2 is 1.60 bits per heavy atom. The average molecular weight is 499 g/mol. The van der Waals surface area contributed by atoms with Crippen molar-refractivity contribution in [2.45, 2.75) is 6.92 Å². The van der Waals surface area contributed by atoms with E-state index in [0.717, 1.165) is 29.2 Å². The Labute approximate surface area is 204 Å². The molecule has 10 nitrogen and oxygen atoms in total. The maximum atomic E-state index is 12.3. The van der Waals surface area contributed by atoms with E-state index in [1.165, 1.54) is 14.0 Å². The lowest BCUT2D eigenvalue weighted by Crippen LogP contribution is -2.32. The fourth-order valence-electron chi connectivity index (χ4n) is 3.18. The average Bonchev–Trinajstić information content (AvgIpc) is 3.19. The summed E-state index contributed by atoms with van der Waals surface area (Å²) in [5, 5.41) is 6.79. The number of hydrogen-bond acceptors (Lipinski definition) is 9. The summed E-state index contributed by atoms with van der Waals surface area (Å²) in [6.45, 7) is 0.398. The third-order valence-corrected chi connectivity index (χ3v) is 6.12. The number of amides is 2. The number of methoxy groups -OCH3 is 2. The van der Waals surface area contributed by atoms with E-state index in [9.17, 15) is 24.0 Å². The second-order valence-corrected chi connectivity index (χ2v) is 8.22. The number of fused-ring (bicyclic) bond motifs is 1. The van der Waals surface area contributed by atoms with Gasteiger partial charge in [-0.25, -0.2) is 9.59 Å². The molecule has 0 radical (unpaired) electrons. The van der Waals surface area contributed by atoms with Gasteiger partial charge >= 0.3 is 17.9 Å². The quantitative estimate of drug-likeness (QED) is 0.357. The molecule has 2 aromatic carbocycles. The maximum absolute atomic E-state index is 12.3. The van der Waals surface area contributed by atoms with Crippen LogP contribution in [-0.2, 0) is 23.8 Å². The molecule has 0 unspecified atom stereocenters. The zero-order valence-electron chi connectivity index (χ0n) is 19.1. The van der Waals surface area contributed by atoms with E-state index in [4.69, 9.17) is 9.47 Å². The van der Waals surface area contributed by atoms with Crippen LogP contribution in [0.25, 0.3) is 10.8 Å². The molecule has 0 atom stereocenters. The molecule has 11 heteroatoms. The van der Waals surface area contributed by atoms with Gasteiger partial charge in [-0.05, 0) is 35.4 Å². The maximum Gasteiger partial charge on any atom is 0.348 e. The second kappa shape index (κ2) is 11.3. The Morgan fingerprint density at radius 3 is 2.29 bits per heavy atom. The normalized spacial score (nSPS) is 10.4. The van der Waals surface area contributed by atoms with E-state index in [-0.39, 0.29) is 21.0 Å². The zero-order valence-corrected chi connectivity index (χ0v) is 19.9. The van der Waals surface area contributed by atoms with Gasteiger partial charge in [0.1, 0.15) is 16.4 Å². The van der Waals surface area contributed by atoms with Gasteiger partial charge in [-0.15, -0.1) is 11.3 Å². The molecule has 0 saturated heterocycles. The predicted molar refractivity (Wildman–Crippen MR) is 128 cm³/mol. The van der Waals surface area contributed by atoms with E-state index in [0.29, 0.717) is 5.56 Å². The summed E-state index contributed by atoms with van der Waals surface area (Å²) in [4.78, 5) is 60.8. The van der Waals surface area contributed by atoms with Gasteiger partial charge in [-0.2, -0.15) is 0 Å². The molecule has 0 aliphatic heterocycles. The molecule has 3 rings (SSSR count). The lowest BCUT2D eigenvalue weighted by Gasteiger charge is -2.08. The minimum Gasteiger partial charge on any atom is -0.465 e. The molecule has 35 heavy (non-hydrogen) atoms. The number of carbonyl (C=O) groups excluding carboxylic acids is 5. The summed E-state index contributed by atoms with van der Waals surface area (Å²) in [6, 6.07) is 12.7. The highest BCUT2D eigenvalue weighted by Crippen LogP contribution is 2.34. The van der Waals surface area contributed by atoms with Gasteiger partial charge in [0.05, 0.1) is 19.8 Å². The van der Waals surface area contributed by atoms with E-state index >= 15 is 0 Å². The van der Waals surface area contributed by atoms with Crippen molar-refractivity contribution in [2.75, 3.05) is 32.7 Å². The molecule has 182 valence electrons. The number of thiophene rings is 1. The van der Waals surface area contributed by atoms with Crippen molar-refractivity contribution in [2.24, 2.45) is 0 Å². The topological polar surface area (TPSA) is 137 Å². The molecule has 0 spiro atoms. The van der Waals surface area contributed by atoms with Gasteiger partial charge in [0, 0.05) is 5.56 Å². The summed E-state index contributed by atoms with van der Waals surface area (Å²) >= 11 is 0.833. The van der Waals surface area contributed by atoms with E-state index in [1.54, 1.807) is 18.2 Å². The third kappa shape index (κ3) is 6.01. The van der Waals surface area contributed by atoms with Crippen LogP contribution in [0.15, 0.2) is 42.5 Å². The number of ether oxygens (including phenoxy) is 3. The zero-order chi connectivity index (χ0) is 25.5. The molecule has 2 amide bonds. The smallest absolute Gasteiger partial charge is 0.348 e. The van der Waals surface area contributed by atoms with Gasteiger partial charge in [0.15, 0.2) is 6.61 Å². The molecule has 1 aromatic heterocycles. The highest BCUT2D eigenvalue weighted by molar-refractivity contribution is 7.18. The van der Waals surface area contributed by atoms with E-state index in [1.807, 2.05) is 24.3 Å². The van der Waals surface area contributed by atoms with Crippen LogP contribution in [0.5, 0.6) is 0 Å². The summed E-state index contributed by atoms with van der Waals surface area (Å²) in [7, 11) is 2.35. The largest absolute Gasteiger partial charge is 0.465 e. The molecule has 0 saturated carbocycles. The first-order valence-corrected chi connectivity index (χ1v) is 11.1. The number of hydrogen-bond donors (Lipinski definition) is 2. The summed E-state index contributed by atoms with van der Waals surface area (Å²) < 4.78 is 14.3. The fourth-order valence-corrected chi connectivity index (χ4v) is 4.31. The summed E-state index contributed by atoms with van der Waals surface area (Å²) in [6.07, 6.45) is 0. The van der Waals surface area contributed by atoms with Crippen molar-refractivity contribution in [3.63, 3.8) is 0 Å². The highest BCUT2D eigenvalue weighted by atomic mass is 32.1. The Morgan fingerprint density at radius 1 is 0.914 bits per heavy atom. The molecule has 3 aromatic rings. The van der Waals surface area contributed by atoms with Gasteiger partial charge in [-0.3, -0.25) is 14.4 Å². The standard InChI is InChI=1S/C24H22N2O8S/c1-13-19(23(30)32-2)22(35-20(13)24(31)33-3)26-17(27)12-34-18(28)11-25-21(29)16-9-8-14-6-4-5-7-15(14)10-16/h4-10H,11-12H2,1-3H3,(H,25,29)(H,26,27). The number of benzene rings is 2. The third-order valence-electron chi connectivity index (χ3n) is 4.93. The lowest BCUT2D eigenvalue weighted by atomic mass is 10.1. The molecule has 0 fully saturated rings. The number of carbonyl (C=O) groups is 5. The minimum atomic E-state index is -0.833. The van der Waals surface area contributed by atoms with Crippen LogP contribution >= 0.6 is 11.3 Å². The molecule has 0 bridgehead atoms. The van der Waals surface area contributed by atoms with Crippen LogP contribution in [0, 0.1) is 6.92 Å². The first-order chi connectivity index (χ1) is 16.7. The highest BCUT2D eigenvalue weighted by Gasteiger charge is 2.27. The second-order valence-electron chi connectivity index (χ2n) is 7.20. The first-order valence-electron chi connectivity index (χ1n) is 10.3. The molecule has 1 heterocycles. The van der Waals surface area contributed by atoms with Gasteiger partial charge in [0.2, 0.25) is 0 Å². The van der Waals surface area contributed by atoms with Crippen LogP contribution in [0.4, 0.5) is 5.00 Å². The molecular weight excluding hydrogens is 476 g/mol. The molecule has 0 aliphatic rings. The number of esters is 3. The predicted octanol–water partition coefficient (Wildman–Crippen LogP) is 2.69. The van der Waals surface area contributed by atoms with E-state index < -0.39 is 42.9 Å². The Bertz CT molecular complexity index is 1310. The van der Waals surface area contributed by atoms with Crippen LogP contribution in [0.2, 0.25) is 0 Å².